The van der Waals surface area contributed by atoms with Gasteiger partial charge in [-0.15, -0.1) is 0 Å². The van der Waals surface area contributed by atoms with Crippen molar-refractivity contribution in [3.05, 3.63) is 36.1 Å². The van der Waals surface area contributed by atoms with Gasteiger partial charge in [0.1, 0.15) is 11.5 Å². The van der Waals surface area contributed by atoms with E-state index in [-0.39, 0.29) is 6.04 Å². The van der Waals surface area contributed by atoms with Gasteiger partial charge in [-0.05, 0) is 18.2 Å². The fourth-order valence-corrected chi connectivity index (χ4v) is 2.54. The first-order valence-electron chi connectivity index (χ1n) is 6.42. The van der Waals surface area contributed by atoms with E-state index in [4.69, 9.17) is 4.42 Å². The number of carboxylic acid groups (broad SMARTS) is 1. The quantitative estimate of drug-likeness (QED) is 0.865. The Labute approximate surface area is 111 Å². The van der Waals surface area contributed by atoms with E-state index in [9.17, 15) is 9.90 Å². The van der Waals surface area contributed by atoms with Crippen molar-refractivity contribution in [3.8, 4) is 11.3 Å². The minimum Gasteiger partial charge on any atom is -0.465 e. The van der Waals surface area contributed by atoms with Gasteiger partial charge in [-0.2, -0.15) is 0 Å². The Hall–Kier alpha value is -2.01. The molecule has 0 saturated carbocycles. The highest BCUT2D eigenvalue weighted by Gasteiger charge is 2.27. The summed E-state index contributed by atoms with van der Waals surface area (Å²) in [7, 11) is 0. The fraction of sp³-hybridized carbons (Fsp3) is 0.357. The number of piperazine rings is 1. The molecule has 100 valence electrons. The molecule has 2 heterocycles. The first-order valence-corrected chi connectivity index (χ1v) is 6.42. The smallest absolute Gasteiger partial charge is 0.407 e. The number of carbonyl (C=O) groups is 1. The Morgan fingerprint density at radius 1 is 1.42 bits per heavy atom. The summed E-state index contributed by atoms with van der Waals surface area (Å²) in [5, 5.41) is 12.4. The molecule has 1 aliphatic carbocycles. The maximum atomic E-state index is 11.2. The van der Waals surface area contributed by atoms with Crippen molar-refractivity contribution in [2.24, 2.45) is 0 Å². The zero-order valence-electron chi connectivity index (χ0n) is 10.5. The lowest BCUT2D eigenvalue weighted by Gasteiger charge is -2.33. The van der Waals surface area contributed by atoms with Gasteiger partial charge in [0.25, 0.3) is 0 Å². The van der Waals surface area contributed by atoms with Crippen LogP contribution >= 0.6 is 0 Å². The van der Waals surface area contributed by atoms with Gasteiger partial charge < -0.3 is 19.7 Å². The van der Waals surface area contributed by atoms with Crippen LogP contribution in [0.15, 0.2) is 34.7 Å². The molecule has 2 aliphatic heterocycles. The highest BCUT2D eigenvalue weighted by Crippen LogP contribution is 2.25. The Morgan fingerprint density at radius 3 is 3.16 bits per heavy atom. The normalized spacial score (nSPS) is 19.8. The SMILES string of the molecule is O=C(O)N1CCNCC1Cc1ccc2cccc-2o1. The third-order valence-corrected chi connectivity index (χ3v) is 3.53. The van der Waals surface area contributed by atoms with Gasteiger partial charge >= 0.3 is 6.09 Å². The molecule has 3 rings (SSSR count). The van der Waals surface area contributed by atoms with Gasteiger partial charge in [0.15, 0.2) is 0 Å². The number of nitrogens with one attached hydrogen (secondary N) is 1. The van der Waals surface area contributed by atoms with E-state index in [2.05, 4.69) is 5.32 Å². The Balaban J connectivity index is 1.79. The summed E-state index contributed by atoms with van der Waals surface area (Å²) in [6.45, 7) is 1.90. The van der Waals surface area contributed by atoms with E-state index in [0.717, 1.165) is 17.1 Å². The van der Waals surface area contributed by atoms with Crippen LogP contribution in [0, 0.1) is 0 Å². The van der Waals surface area contributed by atoms with Gasteiger partial charge in [-0.3, -0.25) is 0 Å². The molecule has 0 spiro atoms. The van der Waals surface area contributed by atoms with Crippen molar-refractivity contribution < 1.29 is 14.3 Å². The van der Waals surface area contributed by atoms with Gasteiger partial charge in [-0.25, -0.2) is 4.79 Å². The molecule has 0 aromatic heterocycles. The summed E-state index contributed by atoms with van der Waals surface area (Å²) in [6, 6.07) is 9.74. The number of hydrogen-bond donors (Lipinski definition) is 2. The second-order valence-electron chi connectivity index (χ2n) is 4.79. The Morgan fingerprint density at radius 2 is 2.32 bits per heavy atom. The highest BCUT2D eigenvalue weighted by atomic mass is 16.4. The molecule has 0 aromatic carbocycles. The lowest BCUT2D eigenvalue weighted by atomic mass is 10.1. The topological polar surface area (TPSA) is 65.7 Å². The number of fused-ring (bicyclic) bond motifs is 1. The van der Waals surface area contributed by atoms with Crippen molar-refractivity contribution in [1.82, 2.24) is 10.2 Å². The van der Waals surface area contributed by atoms with Gasteiger partial charge in [0.05, 0.1) is 6.04 Å². The molecule has 19 heavy (non-hydrogen) atoms. The summed E-state index contributed by atoms with van der Waals surface area (Å²) >= 11 is 0. The summed E-state index contributed by atoms with van der Waals surface area (Å²) in [5.74, 6) is 1.67. The molecular weight excluding hydrogens is 244 g/mol. The van der Waals surface area contributed by atoms with E-state index >= 15 is 0 Å². The van der Waals surface area contributed by atoms with Crippen molar-refractivity contribution in [2.75, 3.05) is 19.6 Å². The highest BCUT2D eigenvalue weighted by molar-refractivity contribution is 5.65. The fourth-order valence-electron chi connectivity index (χ4n) is 2.54. The maximum Gasteiger partial charge on any atom is 0.407 e. The third-order valence-electron chi connectivity index (χ3n) is 3.53. The number of nitrogens with zero attached hydrogens (tertiary/aromatic N) is 1. The molecular formula is C14H16N2O3. The Bertz CT molecular complexity index is 552. The van der Waals surface area contributed by atoms with E-state index in [0.29, 0.717) is 26.1 Å². The van der Waals surface area contributed by atoms with Crippen LogP contribution in [0.25, 0.3) is 11.3 Å². The zero-order chi connectivity index (χ0) is 13.2. The molecule has 1 unspecified atom stereocenters. The van der Waals surface area contributed by atoms with Gasteiger partial charge in [-0.1, -0.05) is 12.1 Å². The molecule has 1 fully saturated rings. The molecule has 5 nitrogen and oxygen atoms in total. The van der Waals surface area contributed by atoms with Crippen molar-refractivity contribution in [3.63, 3.8) is 0 Å². The van der Waals surface area contributed by atoms with Crippen molar-refractivity contribution in [1.29, 1.82) is 0 Å². The third kappa shape index (κ3) is 2.42. The van der Waals surface area contributed by atoms with E-state index < -0.39 is 6.09 Å². The average Bonchev–Trinajstić information content (AvgIpc) is 2.86. The number of rotatable bonds is 2. The monoisotopic (exact) mass is 260 g/mol. The number of amides is 1. The first kappa shape index (κ1) is 12.0. The van der Waals surface area contributed by atoms with E-state index in [1.54, 1.807) is 0 Å². The maximum absolute atomic E-state index is 11.2. The average molecular weight is 260 g/mol. The molecule has 5 heteroatoms. The summed E-state index contributed by atoms with van der Waals surface area (Å²) in [5.41, 5.74) is 1.07. The second kappa shape index (κ2) is 4.93. The van der Waals surface area contributed by atoms with Gasteiger partial charge in [0.2, 0.25) is 0 Å². The van der Waals surface area contributed by atoms with Crippen LogP contribution in [0.3, 0.4) is 0 Å². The molecule has 0 radical (unpaired) electrons. The van der Waals surface area contributed by atoms with Crippen LogP contribution in [0.2, 0.25) is 0 Å². The molecule has 0 aromatic rings. The number of hydrogen-bond acceptors (Lipinski definition) is 3. The molecule has 2 N–H and O–H groups in total. The molecule has 1 saturated heterocycles. The molecule has 1 atom stereocenters. The second-order valence-corrected chi connectivity index (χ2v) is 4.79. The predicted octanol–water partition coefficient (Wildman–Crippen LogP) is 1.88. The van der Waals surface area contributed by atoms with Crippen molar-refractivity contribution in [2.45, 2.75) is 12.5 Å². The van der Waals surface area contributed by atoms with E-state index in [1.165, 1.54) is 4.90 Å². The molecule has 1 amide bonds. The van der Waals surface area contributed by atoms with Crippen molar-refractivity contribution >= 4 is 6.09 Å². The van der Waals surface area contributed by atoms with Crippen LogP contribution in [-0.2, 0) is 6.42 Å². The zero-order valence-corrected chi connectivity index (χ0v) is 10.5. The first-order chi connectivity index (χ1) is 9.24. The summed E-state index contributed by atoms with van der Waals surface area (Å²) in [6.07, 6.45) is -0.263. The van der Waals surface area contributed by atoms with Crippen LogP contribution in [0.1, 0.15) is 5.76 Å². The predicted molar refractivity (Wildman–Crippen MR) is 70.4 cm³/mol. The summed E-state index contributed by atoms with van der Waals surface area (Å²) in [4.78, 5) is 12.7. The molecule has 0 bridgehead atoms. The largest absolute Gasteiger partial charge is 0.465 e. The molecule has 3 aliphatic rings. The van der Waals surface area contributed by atoms with Crippen LogP contribution in [0.4, 0.5) is 4.79 Å². The standard InChI is InChI=1S/C14H16N2O3/c17-14(18)16-7-6-15-9-11(16)8-12-5-4-10-2-1-3-13(10)19-12/h1-5,11,15H,6-9H2,(H,17,18). The lowest BCUT2D eigenvalue weighted by molar-refractivity contribution is 0.110. The lowest BCUT2D eigenvalue weighted by Crippen LogP contribution is -2.54. The van der Waals surface area contributed by atoms with E-state index in [1.807, 2.05) is 30.3 Å². The van der Waals surface area contributed by atoms with Crippen LogP contribution < -0.4 is 5.32 Å². The summed E-state index contributed by atoms with van der Waals surface area (Å²) < 4.78 is 5.79. The Kier molecular flexibility index (Phi) is 3.13. The minimum absolute atomic E-state index is 0.0672. The van der Waals surface area contributed by atoms with Crippen LogP contribution in [0.5, 0.6) is 0 Å². The van der Waals surface area contributed by atoms with Gasteiger partial charge in [0, 0.05) is 31.6 Å². The minimum atomic E-state index is -0.860. The van der Waals surface area contributed by atoms with Crippen LogP contribution in [-0.4, -0.2) is 41.8 Å².